The highest BCUT2D eigenvalue weighted by atomic mass is 32.2. The zero-order valence-electron chi connectivity index (χ0n) is 10.9. The molecule has 20 heavy (non-hydrogen) atoms. The molecule has 0 saturated heterocycles. The normalized spacial score (nSPS) is 20.6. The molecule has 0 N–H and O–H groups in total. The van der Waals surface area contributed by atoms with E-state index in [4.69, 9.17) is 0 Å². The smallest absolute Gasteiger partial charge is 0.197 e. The second-order valence-electron chi connectivity index (χ2n) is 4.93. The van der Waals surface area contributed by atoms with Gasteiger partial charge < -0.3 is 0 Å². The van der Waals surface area contributed by atoms with Crippen LogP contribution < -0.4 is 0 Å². The number of benzene rings is 2. The zero-order chi connectivity index (χ0) is 14.0. The Morgan fingerprint density at radius 1 is 0.950 bits per heavy atom. The minimum atomic E-state index is -3.26. The molecule has 0 spiro atoms. The van der Waals surface area contributed by atoms with Gasteiger partial charge in [-0.25, -0.2) is 8.42 Å². The summed E-state index contributed by atoms with van der Waals surface area (Å²) < 4.78 is 24.5. The van der Waals surface area contributed by atoms with Gasteiger partial charge in [0.25, 0.3) is 0 Å². The van der Waals surface area contributed by atoms with E-state index >= 15 is 0 Å². The summed E-state index contributed by atoms with van der Waals surface area (Å²) in [6.45, 7) is 0. The maximum atomic E-state index is 12.2. The molecular weight excluding hydrogens is 270 g/mol. The third-order valence-corrected chi connectivity index (χ3v) is 5.10. The van der Waals surface area contributed by atoms with E-state index in [9.17, 15) is 8.42 Å². The zero-order valence-corrected chi connectivity index (χ0v) is 11.8. The number of aliphatic imine (C=N–C) groups is 1. The Kier molecular flexibility index (Phi) is 3.40. The number of hydrogen-bond acceptors (Lipinski definition) is 3. The topological polar surface area (TPSA) is 46.5 Å². The molecule has 3 rings (SSSR count). The van der Waals surface area contributed by atoms with Gasteiger partial charge in [-0.05, 0) is 12.0 Å². The summed E-state index contributed by atoms with van der Waals surface area (Å²) >= 11 is 0. The van der Waals surface area contributed by atoms with Gasteiger partial charge in [0, 0.05) is 5.56 Å². The van der Waals surface area contributed by atoms with Crippen LogP contribution in [0.5, 0.6) is 0 Å². The molecule has 1 aliphatic rings. The molecule has 1 aliphatic heterocycles. The van der Waals surface area contributed by atoms with Crippen molar-refractivity contribution in [2.45, 2.75) is 12.5 Å². The van der Waals surface area contributed by atoms with Gasteiger partial charge in [-0.15, -0.1) is 0 Å². The molecule has 0 aliphatic carbocycles. The van der Waals surface area contributed by atoms with Crippen molar-refractivity contribution in [3.8, 4) is 0 Å². The average molecular weight is 285 g/mol. The van der Waals surface area contributed by atoms with Crippen molar-refractivity contribution < 1.29 is 8.42 Å². The molecule has 0 unspecified atom stereocenters. The van der Waals surface area contributed by atoms with Crippen LogP contribution in [0.1, 0.15) is 11.1 Å². The van der Waals surface area contributed by atoms with Crippen LogP contribution in [0.4, 0.5) is 0 Å². The monoisotopic (exact) mass is 285 g/mol. The highest BCUT2D eigenvalue weighted by molar-refractivity contribution is 8.07. The van der Waals surface area contributed by atoms with Crippen molar-refractivity contribution >= 4 is 14.9 Å². The Hall–Kier alpha value is -1.94. The highest BCUT2D eigenvalue weighted by Gasteiger charge is 2.32. The van der Waals surface area contributed by atoms with Crippen molar-refractivity contribution in [1.29, 1.82) is 0 Å². The van der Waals surface area contributed by atoms with Crippen LogP contribution >= 0.6 is 0 Å². The quantitative estimate of drug-likeness (QED) is 0.869. The van der Waals surface area contributed by atoms with E-state index < -0.39 is 9.84 Å². The van der Waals surface area contributed by atoms with Gasteiger partial charge in [0.1, 0.15) is 0 Å². The van der Waals surface area contributed by atoms with Crippen LogP contribution in [0, 0.1) is 0 Å². The van der Waals surface area contributed by atoms with Crippen LogP contribution in [0.15, 0.2) is 65.7 Å². The molecule has 0 saturated carbocycles. The van der Waals surface area contributed by atoms with Crippen LogP contribution in [-0.2, 0) is 16.3 Å². The molecule has 1 atom stereocenters. The number of rotatable bonds is 3. The highest BCUT2D eigenvalue weighted by Crippen LogP contribution is 2.20. The van der Waals surface area contributed by atoms with Crippen LogP contribution in [-0.4, -0.2) is 25.3 Å². The van der Waals surface area contributed by atoms with E-state index in [-0.39, 0.29) is 16.8 Å². The van der Waals surface area contributed by atoms with Gasteiger partial charge in [-0.3, -0.25) is 4.99 Å². The molecular formula is C16H15NO2S. The van der Waals surface area contributed by atoms with E-state index in [1.165, 1.54) is 0 Å². The van der Waals surface area contributed by atoms with Gasteiger partial charge in [-0.2, -0.15) is 0 Å². The third kappa shape index (κ3) is 2.65. The molecule has 2 aromatic rings. The van der Waals surface area contributed by atoms with Crippen molar-refractivity contribution in [2.75, 3.05) is 5.75 Å². The molecule has 2 aromatic carbocycles. The summed E-state index contributed by atoms with van der Waals surface area (Å²) in [6, 6.07) is 18.8. The predicted molar refractivity (Wildman–Crippen MR) is 80.7 cm³/mol. The van der Waals surface area contributed by atoms with Gasteiger partial charge in [-0.1, -0.05) is 60.7 Å². The molecule has 0 amide bonds. The molecule has 4 heteroatoms. The number of sulfone groups is 1. The van der Waals surface area contributed by atoms with Crippen LogP contribution in [0.2, 0.25) is 0 Å². The van der Waals surface area contributed by atoms with E-state index in [1.807, 2.05) is 48.5 Å². The van der Waals surface area contributed by atoms with Gasteiger partial charge in [0.05, 0.1) is 11.8 Å². The molecule has 0 bridgehead atoms. The van der Waals surface area contributed by atoms with E-state index in [1.54, 1.807) is 12.1 Å². The largest absolute Gasteiger partial charge is 0.268 e. The molecule has 0 radical (unpaired) electrons. The minimum absolute atomic E-state index is 0.103. The fourth-order valence-electron chi connectivity index (χ4n) is 2.44. The lowest BCUT2D eigenvalue weighted by molar-refractivity contribution is 0.603. The second kappa shape index (κ2) is 5.21. The standard InChI is InChI=1S/C16H15NO2S/c18-20(19)12-15(11-13-7-3-1-4-8-13)17-16(20)14-9-5-2-6-10-14/h1-10,15H,11-12H2/t15-/m0/s1. The third-order valence-electron chi connectivity index (χ3n) is 3.34. The lowest BCUT2D eigenvalue weighted by Crippen LogP contribution is -2.17. The summed E-state index contributed by atoms with van der Waals surface area (Å²) in [5, 5.41) is 0.235. The Balaban J connectivity index is 1.89. The predicted octanol–water partition coefficient (Wildman–Crippen LogP) is 2.47. The van der Waals surface area contributed by atoms with Crippen LogP contribution in [0.3, 0.4) is 0 Å². The first-order valence-electron chi connectivity index (χ1n) is 6.55. The lowest BCUT2D eigenvalue weighted by Gasteiger charge is -2.04. The average Bonchev–Trinajstić information content (AvgIpc) is 2.75. The second-order valence-corrected chi connectivity index (χ2v) is 6.87. The van der Waals surface area contributed by atoms with E-state index in [2.05, 4.69) is 4.99 Å². The fourth-order valence-corrected chi connectivity index (χ4v) is 4.10. The SMILES string of the molecule is O=S1(=O)C[C@H](Cc2ccccc2)N=C1c1ccccc1. The Morgan fingerprint density at radius 3 is 2.20 bits per heavy atom. The summed E-state index contributed by atoms with van der Waals surface area (Å²) in [5.74, 6) is 0.103. The molecule has 3 nitrogen and oxygen atoms in total. The molecule has 102 valence electrons. The van der Waals surface area contributed by atoms with Gasteiger partial charge in [0.2, 0.25) is 0 Å². The first-order chi connectivity index (χ1) is 9.65. The first kappa shape index (κ1) is 13.1. The van der Waals surface area contributed by atoms with Crippen LogP contribution in [0.25, 0.3) is 0 Å². The van der Waals surface area contributed by atoms with Gasteiger partial charge >= 0.3 is 0 Å². The van der Waals surface area contributed by atoms with Crippen molar-refractivity contribution in [3.63, 3.8) is 0 Å². The van der Waals surface area contributed by atoms with E-state index in [0.29, 0.717) is 12.0 Å². The summed E-state index contributed by atoms with van der Waals surface area (Å²) in [5.41, 5.74) is 1.80. The molecule has 1 heterocycles. The maximum Gasteiger partial charge on any atom is 0.197 e. The van der Waals surface area contributed by atoms with Crippen molar-refractivity contribution in [3.05, 3.63) is 71.8 Å². The Bertz CT molecular complexity index is 722. The summed E-state index contributed by atoms with van der Waals surface area (Å²) in [7, 11) is -3.26. The fraction of sp³-hybridized carbons (Fsp3) is 0.188. The summed E-state index contributed by atoms with van der Waals surface area (Å²) in [4.78, 5) is 4.44. The minimum Gasteiger partial charge on any atom is -0.268 e. The maximum absolute atomic E-state index is 12.2. The van der Waals surface area contributed by atoms with Gasteiger partial charge in [0.15, 0.2) is 14.9 Å². The number of hydrogen-bond donors (Lipinski definition) is 0. The molecule has 0 fully saturated rings. The lowest BCUT2D eigenvalue weighted by atomic mass is 10.1. The van der Waals surface area contributed by atoms with Crippen molar-refractivity contribution in [1.82, 2.24) is 0 Å². The Morgan fingerprint density at radius 2 is 1.55 bits per heavy atom. The summed E-state index contributed by atoms with van der Waals surface area (Å²) in [6.07, 6.45) is 0.663. The van der Waals surface area contributed by atoms with E-state index in [0.717, 1.165) is 5.56 Å². The van der Waals surface area contributed by atoms with Crippen molar-refractivity contribution in [2.24, 2.45) is 4.99 Å². The first-order valence-corrected chi connectivity index (χ1v) is 8.20. The molecule has 0 aromatic heterocycles. The Labute approximate surface area is 118 Å². The number of nitrogens with zero attached hydrogens (tertiary/aromatic N) is 1.